The van der Waals surface area contributed by atoms with E-state index in [4.69, 9.17) is 15.2 Å². The summed E-state index contributed by atoms with van der Waals surface area (Å²) in [6, 6.07) is 10.7. The summed E-state index contributed by atoms with van der Waals surface area (Å²) in [7, 11) is -3.86. The Labute approximate surface area is 156 Å². The summed E-state index contributed by atoms with van der Waals surface area (Å²) >= 11 is 0. The van der Waals surface area contributed by atoms with Crippen LogP contribution in [0.4, 0.5) is 5.69 Å². The number of carbonyl (C=O) groups is 1. The van der Waals surface area contributed by atoms with Crippen LogP contribution in [0.5, 0.6) is 11.5 Å². The molecule has 1 amide bonds. The van der Waals surface area contributed by atoms with Crippen molar-refractivity contribution in [3.05, 3.63) is 48.0 Å². The van der Waals surface area contributed by atoms with Gasteiger partial charge in [0, 0.05) is 30.8 Å². The topological polar surface area (TPSA) is 111 Å². The van der Waals surface area contributed by atoms with E-state index < -0.39 is 10.0 Å². The van der Waals surface area contributed by atoms with Crippen LogP contribution >= 0.6 is 0 Å². The molecule has 1 atom stereocenters. The number of carbonyl (C=O) groups excluding carboxylic acids is 1. The lowest BCUT2D eigenvalue weighted by atomic mass is 10.2. The third-order valence-electron chi connectivity index (χ3n) is 4.53. The molecule has 0 spiro atoms. The zero-order chi connectivity index (χ0) is 19.0. The van der Waals surface area contributed by atoms with E-state index in [1.165, 1.54) is 12.1 Å². The minimum atomic E-state index is -3.86. The number of hydrogen-bond donors (Lipinski definition) is 2. The molecule has 27 heavy (non-hydrogen) atoms. The van der Waals surface area contributed by atoms with Crippen LogP contribution in [0.2, 0.25) is 0 Å². The van der Waals surface area contributed by atoms with Gasteiger partial charge >= 0.3 is 0 Å². The van der Waals surface area contributed by atoms with E-state index in [-0.39, 0.29) is 23.6 Å². The maximum atomic E-state index is 12.7. The average Bonchev–Trinajstić information content (AvgIpc) is 3.29. The van der Waals surface area contributed by atoms with E-state index in [1.807, 2.05) is 0 Å². The lowest BCUT2D eigenvalue weighted by Gasteiger charge is -2.16. The largest absolute Gasteiger partial charge is 0.454 e. The highest BCUT2D eigenvalue weighted by Crippen LogP contribution is 2.34. The van der Waals surface area contributed by atoms with Crippen molar-refractivity contribution >= 4 is 21.6 Å². The number of benzene rings is 2. The standard InChI is InChI=1S/C18H19N3O5S/c19-13-6-7-21(10-13)18(22)12-2-1-3-15(8-12)27(23,24)20-14-4-5-16-17(9-14)26-11-25-16/h1-5,8-9,13,20H,6-7,10-11,19H2/t13-/m1/s1. The van der Waals surface area contributed by atoms with Crippen molar-refractivity contribution in [2.75, 3.05) is 24.6 Å². The molecule has 0 aliphatic carbocycles. The van der Waals surface area contributed by atoms with Crippen molar-refractivity contribution in [2.45, 2.75) is 17.4 Å². The molecule has 2 aromatic rings. The molecule has 2 aliphatic heterocycles. The number of nitrogens with one attached hydrogen (secondary N) is 1. The first kappa shape index (κ1) is 17.6. The predicted molar refractivity (Wildman–Crippen MR) is 98.3 cm³/mol. The molecule has 0 saturated carbocycles. The Kier molecular flexibility index (Phi) is 4.40. The van der Waals surface area contributed by atoms with E-state index in [9.17, 15) is 13.2 Å². The van der Waals surface area contributed by atoms with E-state index in [0.29, 0.717) is 35.8 Å². The van der Waals surface area contributed by atoms with Crippen LogP contribution in [0, 0.1) is 0 Å². The number of ether oxygens (including phenoxy) is 2. The van der Waals surface area contributed by atoms with Gasteiger partial charge in [-0.3, -0.25) is 9.52 Å². The second-order valence-corrected chi connectivity index (χ2v) is 8.18. The molecule has 4 rings (SSSR count). The number of rotatable bonds is 4. The van der Waals surface area contributed by atoms with E-state index in [0.717, 1.165) is 6.42 Å². The average molecular weight is 389 g/mol. The highest BCUT2D eigenvalue weighted by molar-refractivity contribution is 7.92. The van der Waals surface area contributed by atoms with Gasteiger partial charge in [-0.1, -0.05) is 6.07 Å². The maximum absolute atomic E-state index is 12.7. The van der Waals surface area contributed by atoms with Gasteiger partial charge in [-0.05, 0) is 36.8 Å². The van der Waals surface area contributed by atoms with Gasteiger partial charge in [-0.15, -0.1) is 0 Å². The number of likely N-dealkylation sites (tertiary alicyclic amines) is 1. The highest BCUT2D eigenvalue weighted by atomic mass is 32.2. The molecule has 0 bridgehead atoms. The van der Waals surface area contributed by atoms with Crippen LogP contribution in [0.3, 0.4) is 0 Å². The van der Waals surface area contributed by atoms with Crippen molar-refractivity contribution in [1.29, 1.82) is 0 Å². The SMILES string of the molecule is N[C@@H]1CCN(C(=O)c2cccc(S(=O)(=O)Nc3ccc4c(c3)OCO4)c2)C1. The number of fused-ring (bicyclic) bond motifs is 1. The smallest absolute Gasteiger partial charge is 0.261 e. The molecule has 9 heteroatoms. The van der Waals surface area contributed by atoms with Crippen molar-refractivity contribution in [3.8, 4) is 11.5 Å². The molecule has 142 valence electrons. The molecular formula is C18H19N3O5S. The summed E-state index contributed by atoms with van der Waals surface area (Å²) in [5.74, 6) is 0.821. The van der Waals surface area contributed by atoms with Crippen LogP contribution in [0.15, 0.2) is 47.4 Å². The van der Waals surface area contributed by atoms with Crippen molar-refractivity contribution in [3.63, 3.8) is 0 Å². The Hall–Kier alpha value is -2.78. The van der Waals surface area contributed by atoms with E-state index in [1.54, 1.807) is 35.2 Å². The first-order valence-corrected chi connectivity index (χ1v) is 9.98. The number of sulfonamides is 1. The zero-order valence-corrected chi connectivity index (χ0v) is 15.2. The minimum Gasteiger partial charge on any atom is -0.454 e. The van der Waals surface area contributed by atoms with Crippen molar-refractivity contribution in [2.24, 2.45) is 5.73 Å². The van der Waals surface area contributed by atoms with Gasteiger partial charge in [-0.2, -0.15) is 0 Å². The molecule has 1 saturated heterocycles. The van der Waals surface area contributed by atoms with Crippen LogP contribution in [0.25, 0.3) is 0 Å². The number of nitrogens with two attached hydrogens (primary N) is 1. The van der Waals surface area contributed by atoms with Crippen molar-refractivity contribution in [1.82, 2.24) is 4.90 Å². The third-order valence-corrected chi connectivity index (χ3v) is 5.91. The van der Waals surface area contributed by atoms with Crippen molar-refractivity contribution < 1.29 is 22.7 Å². The fourth-order valence-electron chi connectivity index (χ4n) is 3.12. The number of hydrogen-bond acceptors (Lipinski definition) is 6. The molecule has 0 radical (unpaired) electrons. The number of amides is 1. The van der Waals surface area contributed by atoms with Gasteiger partial charge in [0.05, 0.1) is 10.6 Å². The van der Waals surface area contributed by atoms with Gasteiger partial charge < -0.3 is 20.1 Å². The zero-order valence-electron chi connectivity index (χ0n) is 14.4. The van der Waals surface area contributed by atoms with E-state index in [2.05, 4.69) is 4.72 Å². The van der Waals surface area contributed by atoms with Gasteiger partial charge in [-0.25, -0.2) is 8.42 Å². The molecular weight excluding hydrogens is 370 g/mol. The molecule has 2 heterocycles. The third kappa shape index (κ3) is 3.56. The molecule has 3 N–H and O–H groups in total. The number of nitrogens with zero attached hydrogens (tertiary/aromatic N) is 1. The van der Waals surface area contributed by atoms with Crippen LogP contribution in [0.1, 0.15) is 16.8 Å². The Morgan fingerprint density at radius 3 is 2.74 bits per heavy atom. The highest BCUT2D eigenvalue weighted by Gasteiger charge is 2.26. The molecule has 0 aromatic heterocycles. The van der Waals surface area contributed by atoms with Crippen LogP contribution in [-0.2, 0) is 10.0 Å². The van der Waals surface area contributed by atoms with E-state index >= 15 is 0 Å². The summed E-state index contributed by atoms with van der Waals surface area (Å²) in [6.07, 6.45) is 0.745. The Morgan fingerprint density at radius 1 is 1.15 bits per heavy atom. The lowest BCUT2D eigenvalue weighted by Crippen LogP contribution is -2.32. The molecule has 0 unspecified atom stereocenters. The molecule has 2 aliphatic rings. The van der Waals surface area contributed by atoms with Crippen LogP contribution < -0.4 is 19.9 Å². The molecule has 1 fully saturated rings. The fraction of sp³-hybridized carbons (Fsp3) is 0.278. The molecule has 8 nitrogen and oxygen atoms in total. The van der Waals surface area contributed by atoms with Gasteiger partial charge in [0.15, 0.2) is 11.5 Å². The second kappa shape index (κ2) is 6.75. The van der Waals surface area contributed by atoms with Gasteiger partial charge in [0.25, 0.3) is 15.9 Å². The number of anilines is 1. The van der Waals surface area contributed by atoms with Gasteiger partial charge in [0.2, 0.25) is 6.79 Å². The second-order valence-electron chi connectivity index (χ2n) is 6.50. The normalized spacial score (nSPS) is 18.6. The summed E-state index contributed by atoms with van der Waals surface area (Å²) in [5.41, 5.74) is 6.51. The monoisotopic (exact) mass is 389 g/mol. The fourth-order valence-corrected chi connectivity index (χ4v) is 4.22. The van der Waals surface area contributed by atoms with Gasteiger partial charge in [0.1, 0.15) is 0 Å². The minimum absolute atomic E-state index is 0.00881. The summed E-state index contributed by atoms with van der Waals surface area (Å²) in [5, 5.41) is 0. The quantitative estimate of drug-likeness (QED) is 0.817. The summed E-state index contributed by atoms with van der Waals surface area (Å²) in [4.78, 5) is 14.2. The Morgan fingerprint density at radius 2 is 1.96 bits per heavy atom. The summed E-state index contributed by atoms with van der Waals surface area (Å²) < 4.78 is 38.4. The summed E-state index contributed by atoms with van der Waals surface area (Å²) in [6.45, 7) is 1.16. The van der Waals surface area contributed by atoms with Crippen LogP contribution in [-0.4, -0.2) is 45.1 Å². The lowest BCUT2D eigenvalue weighted by molar-refractivity contribution is 0.0790. The first-order chi connectivity index (χ1) is 12.9. The molecule has 2 aromatic carbocycles. The maximum Gasteiger partial charge on any atom is 0.261 e. The Balaban J connectivity index is 1.56. The Bertz CT molecular complexity index is 992. The predicted octanol–water partition coefficient (Wildman–Crippen LogP) is 1.39. The first-order valence-electron chi connectivity index (χ1n) is 8.50.